The van der Waals surface area contributed by atoms with Crippen molar-refractivity contribution in [2.24, 2.45) is 5.92 Å². The van der Waals surface area contributed by atoms with Gasteiger partial charge in [0.15, 0.2) is 11.8 Å². The van der Waals surface area contributed by atoms with Crippen LogP contribution in [0.25, 0.3) is 0 Å². The quantitative estimate of drug-likeness (QED) is 0.179. The average Bonchev–Trinajstić information content (AvgIpc) is 3.12. The van der Waals surface area contributed by atoms with Gasteiger partial charge < -0.3 is 28.7 Å². The van der Waals surface area contributed by atoms with E-state index in [1.54, 1.807) is 65.0 Å². The molecule has 3 rings (SSSR count). The summed E-state index contributed by atoms with van der Waals surface area (Å²) in [5.74, 6) is 5.04. The minimum absolute atomic E-state index is 0.179. The molecule has 1 aromatic heterocycles. The molecule has 2 aromatic rings. The highest BCUT2D eigenvalue weighted by Crippen LogP contribution is 2.47. The SMILES string of the molecule is CC(C)C#C[C@@]1(O)[C@H](O)[C@@H](COP(=S)(NC(C)C(=O)OC(C)C)Oc2ccccc2)O[C@H]1n1ccc(=O)[nH]c1=O. The maximum absolute atomic E-state index is 12.5. The predicted octanol–water partition coefficient (Wildman–Crippen LogP) is 1.44. The Morgan fingerprint density at radius 2 is 1.90 bits per heavy atom. The first-order valence-corrected chi connectivity index (χ1v) is 15.3. The van der Waals surface area contributed by atoms with E-state index in [1.807, 2.05) is 0 Å². The zero-order valence-electron chi connectivity index (χ0n) is 22.8. The third-order valence-electron chi connectivity index (χ3n) is 5.58. The number of aromatic nitrogens is 2. The van der Waals surface area contributed by atoms with Gasteiger partial charge in [0.2, 0.25) is 0 Å². The van der Waals surface area contributed by atoms with E-state index in [2.05, 4.69) is 21.9 Å². The first kappa shape index (κ1) is 31.7. The first-order valence-electron chi connectivity index (χ1n) is 12.6. The first-order chi connectivity index (χ1) is 18.7. The number of hydrogen-bond acceptors (Lipinski definition) is 10. The molecule has 40 heavy (non-hydrogen) atoms. The van der Waals surface area contributed by atoms with Crippen LogP contribution in [0.1, 0.15) is 40.8 Å². The molecule has 14 heteroatoms. The molecule has 4 N–H and O–H groups in total. The summed E-state index contributed by atoms with van der Waals surface area (Å²) in [6.07, 6.45) is -3.61. The average molecular weight is 596 g/mol. The number of para-hydroxylation sites is 1. The van der Waals surface area contributed by atoms with Crippen molar-refractivity contribution in [3.05, 3.63) is 63.4 Å². The molecule has 0 radical (unpaired) electrons. The number of aliphatic hydroxyl groups excluding tert-OH is 1. The Balaban J connectivity index is 1.90. The highest BCUT2D eigenvalue weighted by molar-refractivity contribution is 8.09. The molecule has 1 fully saturated rings. The highest BCUT2D eigenvalue weighted by atomic mass is 32.5. The monoisotopic (exact) mass is 595 g/mol. The molecule has 1 aliphatic rings. The van der Waals surface area contributed by atoms with Gasteiger partial charge in [-0.1, -0.05) is 43.9 Å². The van der Waals surface area contributed by atoms with Crippen LogP contribution < -0.4 is 20.9 Å². The van der Waals surface area contributed by atoms with Crippen molar-refractivity contribution in [1.29, 1.82) is 0 Å². The van der Waals surface area contributed by atoms with Crippen molar-refractivity contribution in [2.75, 3.05) is 6.61 Å². The van der Waals surface area contributed by atoms with Gasteiger partial charge in [0.05, 0.1) is 12.7 Å². The lowest BCUT2D eigenvalue weighted by Gasteiger charge is -2.28. The van der Waals surface area contributed by atoms with Gasteiger partial charge in [-0.25, -0.2) is 9.88 Å². The van der Waals surface area contributed by atoms with E-state index in [-0.39, 0.29) is 12.0 Å². The summed E-state index contributed by atoms with van der Waals surface area (Å²) in [5.41, 5.74) is -3.76. The van der Waals surface area contributed by atoms with Crippen LogP contribution in [0.5, 0.6) is 5.75 Å². The van der Waals surface area contributed by atoms with Crippen molar-refractivity contribution in [2.45, 2.75) is 70.8 Å². The minimum Gasteiger partial charge on any atom is -0.462 e. The molecule has 12 nitrogen and oxygen atoms in total. The number of aliphatic hydroxyl groups is 2. The van der Waals surface area contributed by atoms with Gasteiger partial charge in [-0.15, -0.1) is 0 Å². The molecule has 1 aliphatic heterocycles. The fraction of sp³-hybridized carbons (Fsp3) is 0.500. The zero-order valence-corrected chi connectivity index (χ0v) is 24.5. The number of rotatable bonds is 10. The molecule has 0 amide bonds. The summed E-state index contributed by atoms with van der Waals surface area (Å²) < 4.78 is 24.0. The Labute approximate surface area is 236 Å². The lowest BCUT2D eigenvalue weighted by atomic mass is 9.94. The molecular weight excluding hydrogens is 561 g/mol. The summed E-state index contributed by atoms with van der Waals surface area (Å²) in [5, 5.41) is 25.5. The molecule has 2 heterocycles. The lowest BCUT2D eigenvalue weighted by Crippen LogP contribution is -2.48. The topological polar surface area (TPSA) is 161 Å². The van der Waals surface area contributed by atoms with Crippen LogP contribution in [-0.4, -0.2) is 62.3 Å². The highest BCUT2D eigenvalue weighted by Gasteiger charge is 2.56. The number of aromatic amines is 1. The van der Waals surface area contributed by atoms with Crippen molar-refractivity contribution in [3.63, 3.8) is 0 Å². The number of nitrogens with zero attached hydrogens (tertiary/aromatic N) is 1. The fourth-order valence-corrected chi connectivity index (χ4v) is 6.11. The molecular formula is C26H34N3O9PS. The normalized spacial score (nSPS) is 24.7. The van der Waals surface area contributed by atoms with E-state index in [0.29, 0.717) is 5.75 Å². The molecule has 6 atom stereocenters. The Morgan fingerprint density at radius 3 is 2.50 bits per heavy atom. The number of nitrogens with one attached hydrogen (secondary N) is 2. The van der Waals surface area contributed by atoms with Gasteiger partial charge in [-0.05, 0) is 44.7 Å². The van der Waals surface area contributed by atoms with E-state index in [0.717, 1.165) is 16.8 Å². The largest absolute Gasteiger partial charge is 0.462 e. The van der Waals surface area contributed by atoms with E-state index in [4.69, 9.17) is 30.3 Å². The number of carbonyl (C=O) groups excluding carboxylic acids is 1. The van der Waals surface area contributed by atoms with Crippen molar-refractivity contribution in [1.82, 2.24) is 14.6 Å². The molecule has 218 valence electrons. The van der Waals surface area contributed by atoms with Crippen LogP contribution in [0, 0.1) is 17.8 Å². The zero-order chi connectivity index (χ0) is 29.7. The van der Waals surface area contributed by atoms with Crippen LogP contribution in [0.3, 0.4) is 0 Å². The van der Waals surface area contributed by atoms with Gasteiger partial charge in [0.25, 0.3) is 5.56 Å². The third-order valence-corrected chi connectivity index (χ3v) is 8.08. The van der Waals surface area contributed by atoms with E-state index in [9.17, 15) is 24.6 Å². The van der Waals surface area contributed by atoms with E-state index < -0.39 is 60.5 Å². The van der Waals surface area contributed by atoms with E-state index in [1.165, 1.54) is 0 Å². The Hall–Kier alpha value is -2.82. The second-order valence-corrected chi connectivity index (χ2v) is 12.9. The smallest absolute Gasteiger partial charge is 0.330 e. The van der Waals surface area contributed by atoms with Crippen LogP contribution in [0.4, 0.5) is 0 Å². The molecule has 0 spiro atoms. The predicted molar refractivity (Wildman–Crippen MR) is 150 cm³/mol. The van der Waals surface area contributed by atoms with Crippen LogP contribution in [0.15, 0.2) is 52.2 Å². The molecule has 1 saturated heterocycles. The molecule has 0 saturated carbocycles. The van der Waals surface area contributed by atoms with Gasteiger partial charge in [0, 0.05) is 18.2 Å². The van der Waals surface area contributed by atoms with E-state index >= 15 is 0 Å². The molecule has 0 bridgehead atoms. The number of hydrogen-bond donors (Lipinski definition) is 4. The maximum Gasteiger partial charge on any atom is 0.330 e. The second-order valence-electron chi connectivity index (χ2n) is 9.77. The minimum atomic E-state index is -3.50. The summed E-state index contributed by atoms with van der Waals surface area (Å²) in [6.45, 7) is 4.63. The van der Waals surface area contributed by atoms with Gasteiger partial charge in [0.1, 0.15) is 24.0 Å². The Bertz CT molecular complexity index is 1400. The van der Waals surface area contributed by atoms with Crippen molar-refractivity contribution >= 4 is 24.4 Å². The third kappa shape index (κ3) is 7.89. The van der Waals surface area contributed by atoms with Gasteiger partial charge in [-0.2, -0.15) is 0 Å². The second kappa shape index (κ2) is 13.2. The molecule has 0 aliphatic carbocycles. The Kier molecular flexibility index (Phi) is 10.5. The van der Waals surface area contributed by atoms with Crippen LogP contribution >= 0.6 is 6.64 Å². The number of carbonyl (C=O) groups is 1. The number of esters is 1. The van der Waals surface area contributed by atoms with Gasteiger partial charge in [-0.3, -0.25) is 19.1 Å². The van der Waals surface area contributed by atoms with Crippen LogP contribution in [-0.2, 0) is 30.6 Å². The Morgan fingerprint density at radius 1 is 1.23 bits per heavy atom. The fourth-order valence-electron chi connectivity index (χ4n) is 3.69. The lowest BCUT2D eigenvalue weighted by molar-refractivity contribution is -0.149. The molecule has 1 aromatic carbocycles. The summed E-state index contributed by atoms with van der Waals surface area (Å²) in [6, 6.07) is 8.73. The number of benzene rings is 1. The summed E-state index contributed by atoms with van der Waals surface area (Å²) in [4.78, 5) is 38.7. The number of H-pyrrole nitrogens is 1. The maximum atomic E-state index is 12.5. The summed E-state index contributed by atoms with van der Waals surface area (Å²) >= 11 is 5.69. The van der Waals surface area contributed by atoms with Gasteiger partial charge >= 0.3 is 18.3 Å². The van der Waals surface area contributed by atoms with Crippen molar-refractivity contribution < 1.29 is 33.5 Å². The standard InChI is InChI=1S/C26H34N3O9PS/c1-16(2)11-13-26(34)22(31)20(37-24(26)29-14-12-21(30)27-25(29)33)15-35-39(40,38-19-9-7-6-8-10-19)28-18(5)23(32)36-17(3)4/h6-10,12,14,16-18,20,22,24,31,34H,15H2,1-5H3,(H,28,40)(H,27,30,33)/t18?,20-,22-,24-,26-,39?/m1/s1. The number of ether oxygens (including phenoxy) is 2. The molecule has 2 unspecified atom stereocenters. The summed E-state index contributed by atoms with van der Waals surface area (Å²) in [7, 11) is 0. The van der Waals surface area contributed by atoms with Crippen molar-refractivity contribution in [3.8, 4) is 17.6 Å². The van der Waals surface area contributed by atoms with Crippen LogP contribution in [0.2, 0.25) is 0 Å².